The Bertz CT molecular complexity index is 1600. The number of ether oxygens (including phenoxy) is 1. The topological polar surface area (TPSA) is 67.7 Å². The summed E-state index contributed by atoms with van der Waals surface area (Å²) in [5.74, 6) is -0.236. The van der Waals surface area contributed by atoms with Crippen molar-refractivity contribution in [2.45, 2.75) is 49.2 Å². The first kappa shape index (κ1) is 30.4. The second-order valence-corrected chi connectivity index (χ2v) is 12.2. The molecule has 226 valence electrons. The average molecular weight is 633 g/mol. The van der Waals surface area contributed by atoms with Gasteiger partial charge in [-0.05, 0) is 37.4 Å². The highest BCUT2D eigenvalue weighted by atomic mass is 32.2. The van der Waals surface area contributed by atoms with Crippen LogP contribution in [0.4, 0.5) is 32.2 Å². The van der Waals surface area contributed by atoms with Crippen LogP contribution in [0.25, 0.3) is 22.0 Å². The molecule has 0 radical (unpaired) electrons. The van der Waals surface area contributed by atoms with Gasteiger partial charge in [0.25, 0.3) is 0 Å². The number of anilines is 1. The summed E-state index contributed by atoms with van der Waals surface area (Å²) < 4.78 is 92.5. The predicted octanol–water partition coefficient (Wildman–Crippen LogP) is 6.07. The first-order valence-electron chi connectivity index (χ1n) is 12.9. The average Bonchev–Trinajstić information content (AvgIpc) is 3.40. The van der Waals surface area contributed by atoms with E-state index in [1.807, 2.05) is 0 Å². The van der Waals surface area contributed by atoms with Gasteiger partial charge in [-0.15, -0.1) is 23.1 Å². The van der Waals surface area contributed by atoms with Crippen LogP contribution in [-0.2, 0) is 21.9 Å². The summed E-state index contributed by atoms with van der Waals surface area (Å²) in [7, 11) is 1.41. The van der Waals surface area contributed by atoms with E-state index in [0.717, 1.165) is 29.3 Å². The van der Waals surface area contributed by atoms with Crippen LogP contribution >= 0.6 is 23.1 Å². The van der Waals surface area contributed by atoms with Crippen molar-refractivity contribution < 1.29 is 35.9 Å². The first-order chi connectivity index (χ1) is 19.7. The molecular weight excluding hydrogens is 606 g/mol. The summed E-state index contributed by atoms with van der Waals surface area (Å²) in [5.41, 5.74) is -3.13. The maximum absolute atomic E-state index is 14.7. The lowest BCUT2D eigenvalue weighted by atomic mass is 9.96. The van der Waals surface area contributed by atoms with Crippen molar-refractivity contribution in [1.29, 1.82) is 0 Å². The number of hydrogen-bond donors (Lipinski definition) is 0. The maximum atomic E-state index is 14.7. The van der Waals surface area contributed by atoms with Crippen molar-refractivity contribution in [3.05, 3.63) is 51.1 Å². The molecule has 0 unspecified atom stereocenters. The molecule has 7 nitrogen and oxygen atoms in total. The number of piperazine rings is 1. The van der Waals surface area contributed by atoms with Crippen molar-refractivity contribution in [2.75, 3.05) is 37.5 Å². The zero-order valence-corrected chi connectivity index (χ0v) is 24.3. The van der Waals surface area contributed by atoms with Crippen LogP contribution in [0.5, 0.6) is 0 Å². The fraction of sp³-hybridized carbons (Fsp3) is 0.444. The number of amides is 1. The Morgan fingerprint density at radius 3 is 2.40 bits per heavy atom. The second-order valence-electron chi connectivity index (χ2n) is 10.2. The van der Waals surface area contributed by atoms with E-state index in [4.69, 9.17) is 4.74 Å². The number of benzene rings is 1. The number of carbonyl (C=O) groups excluding carboxylic acids is 1. The molecule has 15 heteroatoms. The van der Waals surface area contributed by atoms with E-state index in [-0.39, 0.29) is 53.0 Å². The van der Waals surface area contributed by atoms with E-state index in [2.05, 4.69) is 11.6 Å². The first-order valence-corrected chi connectivity index (χ1v) is 14.7. The predicted molar refractivity (Wildman–Crippen MR) is 149 cm³/mol. The Morgan fingerprint density at radius 2 is 1.83 bits per heavy atom. The fourth-order valence-electron chi connectivity index (χ4n) is 5.90. The lowest BCUT2D eigenvalue weighted by Gasteiger charge is -2.45. The molecule has 1 fully saturated rings. The smallest absolute Gasteiger partial charge is 0.383 e. The van der Waals surface area contributed by atoms with Gasteiger partial charge >= 0.3 is 18.0 Å². The molecule has 3 atom stereocenters. The molecule has 1 amide bonds. The third kappa shape index (κ3) is 5.08. The standard InChI is InChI=1S/C27H26F6N4O3S2/c1-5-19(38)36-13(2)9-35(10-14(36)3)24-17-8-18(26(28,29)30)20(16-6-7-41-23(16)27(31,32)33)22-21(17)37(25(39)34-24)15(11-40-4)12-42-22/h5-8,13-15H,1,9-12H2,2-4H3/t13-,14+,15-/m0/s1. The molecule has 2 aliphatic heterocycles. The molecule has 0 N–H and O–H groups in total. The molecule has 3 aromatic rings. The van der Waals surface area contributed by atoms with Crippen molar-refractivity contribution in [1.82, 2.24) is 14.5 Å². The molecule has 0 spiro atoms. The van der Waals surface area contributed by atoms with Crippen LogP contribution in [0, 0.1) is 0 Å². The van der Waals surface area contributed by atoms with E-state index in [1.54, 1.807) is 23.6 Å². The number of rotatable bonds is 5. The Kier molecular flexibility index (Phi) is 7.90. The molecule has 5 rings (SSSR count). The number of hydrogen-bond acceptors (Lipinski definition) is 7. The highest BCUT2D eigenvalue weighted by Gasteiger charge is 2.43. The van der Waals surface area contributed by atoms with Crippen molar-refractivity contribution in [2.24, 2.45) is 0 Å². The number of carbonyl (C=O) groups is 1. The van der Waals surface area contributed by atoms with Gasteiger partial charge in [0.2, 0.25) is 5.91 Å². The highest BCUT2D eigenvalue weighted by Crippen LogP contribution is 2.53. The molecule has 0 aliphatic carbocycles. The summed E-state index contributed by atoms with van der Waals surface area (Å²) in [6.45, 7) is 7.41. The highest BCUT2D eigenvalue weighted by molar-refractivity contribution is 7.99. The number of alkyl halides is 6. The third-order valence-corrected chi connectivity index (χ3v) is 9.63. The van der Waals surface area contributed by atoms with Gasteiger partial charge < -0.3 is 14.5 Å². The minimum atomic E-state index is -5.03. The van der Waals surface area contributed by atoms with Gasteiger partial charge in [-0.2, -0.15) is 31.3 Å². The molecule has 1 saturated heterocycles. The van der Waals surface area contributed by atoms with Gasteiger partial charge in [0, 0.05) is 59.4 Å². The Balaban J connectivity index is 1.84. The molecule has 2 aromatic heterocycles. The number of nitrogens with zero attached hydrogens (tertiary/aromatic N) is 4. The Labute approximate surface area is 244 Å². The summed E-state index contributed by atoms with van der Waals surface area (Å²) in [6, 6.07) is 0.423. The zero-order valence-electron chi connectivity index (χ0n) is 22.7. The Morgan fingerprint density at radius 1 is 1.17 bits per heavy atom. The molecule has 2 aliphatic rings. The molecule has 42 heavy (non-hydrogen) atoms. The Hall–Kier alpha value is -3.04. The quantitative estimate of drug-likeness (QED) is 0.252. The minimum Gasteiger partial charge on any atom is -0.383 e. The number of thiophene rings is 1. The molecule has 4 heterocycles. The van der Waals surface area contributed by atoms with Gasteiger partial charge in [0.1, 0.15) is 10.7 Å². The largest absolute Gasteiger partial charge is 0.426 e. The van der Waals surface area contributed by atoms with Crippen molar-refractivity contribution in [3.63, 3.8) is 0 Å². The van der Waals surface area contributed by atoms with Crippen LogP contribution in [0.1, 0.15) is 30.3 Å². The van der Waals surface area contributed by atoms with Gasteiger partial charge in [0.15, 0.2) is 0 Å². The molecule has 0 bridgehead atoms. The van der Waals surface area contributed by atoms with Crippen LogP contribution in [0.2, 0.25) is 0 Å². The number of thioether (sulfide) groups is 1. The summed E-state index contributed by atoms with van der Waals surface area (Å²) in [6.07, 6.45) is -8.73. The van der Waals surface area contributed by atoms with Gasteiger partial charge in [-0.1, -0.05) is 6.58 Å². The van der Waals surface area contributed by atoms with Crippen LogP contribution in [0.3, 0.4) is 0 Å². The van der Waals surface area contributed by atoms with E-state index >= 15 is 0 Å². The van der Waals surface area contributed by atoms with Crippen molar-refractivity contribution >= 4 is 45.7 Å². The lowest BCUT2D eigenvalue weighted by molar-refractivity contribution is -0.138. The normalized spacial score (nSPS) is 21.2. The van der Waals surface area contributed by atoms with Crippen LogP contribution in [0.15, 0.2) is 39.9 Å². The number of aromatic nitrogens is 2. The number of halogens is 6. The monoisotopic (exact) mass is 632 g/mol. The number of methoxy groups -OCH3 is 1. The SMILES string of the molecule is C=CC(=O)N1[C@H](C)CN(c2nc(=O)n3c4c(c(-c5ccsc5C(F)(F)F)c(C(F)(F)F)cc24)SC[C@@H]3COC)C[C@@H]1C. The second kappa shape index (κ2) is 10.9. The van der Waals surface area contributed by atoms with E-state index in [1.165, 1.54) is 17.8 Å². The van der Waals surface area contributed by atoms with Gasteiger partial charge in [-0.25, -0.2) is 4.79 Å². The zero-order chi connectivity index (χ0) is 30.7. The fourth-order valence-corrected chi connectivity index (χ4v) is 7.98. The van der Waals surface area contributed by atoms with E-state index in [0.29, 0.717) is 11.3 Å². The maximum Gasteiger partial charge on any atom is 0.426 e. The van der Waals surface area contributed by atoms with E-state index in [9.17, 15) is 35.9 Å². The molecule has 0 saturated carbocycles. The summed E-state index contributed by atoms with van der Waals surface area (Å²) in [5, 5.41) is 1.09. The molecular formula is C27H26F6N4O3S2. The van der Waals surface area contributed by atoms with Gasteiger partial charge in [-0.3, -0.25) is 9.36 Å². The molecule has 1 aromatic carbocycles. The summed E-state index contributed by atoms with van der Waals surface area (Å²) in [4.78, 5) is 32.3. The van der Waals surface area contributed by atoms with Crippen LogP contribution in [-0.4, -0.2) is 65.0 Å². The lowest BCUT2D eigenvalue weighted by Crippen LogP contribution is -2.58. The van der Waals surface area contributed by atoms with Crippen molar-refractivity contribution in [3.8, 4) is 11.1 Å². The van der Waals surface area contributed by atoms with E-state index < -0.39 is 57.7 Å². The third-order valence-electron chi connectivity index (χ3n) is 7.43. The minimum absolute atomic E-state index is 0.0133. The van der Waals surface area contributed by atoms with Gasteiger partial charge in [0.05, 0.1) is 23.7 Å². The summed E-state index contributed by atoms with van der Waals surface area (Å²) >= 11 is 1.27. The van der Waals surface area contributed by atoms with Crippen LogP contribution < -0.4 is 10.6 Å².